The van der Waals surface area contributed by atoms with E-state index in [9.17, 15) is 9.59 Å². The van der Waals surface area contributed by atoms with Gasteiger partial charge in [0.2, 0.25) is 0 Å². The molecule has 2 rings (SSSR count). The van der Waals surface area contributed by atoms with Gasteiger partial charge in [0.05, 0.1) is 13.2 Å². The Bertz CT molecular complexity index is 580. The summed E-state index contributed by atoms with van der Waals surface area (Å²) < 4.78 is 10.3. The standard InChI is InChI=1S/C18H23NO4/c1-3-22-17(20)16-11-13-19(18(21)23-4-2)12-10-15(16)14-8-6-5-7-9-14/h5-9H,3-4,10-13H2,1-2H3. The lowest BCUT2D eigenvalue weighted by Gasteiger charge is -2.19. The number of hydrogen-bond donors (Lipinski definition) is 0. The Balaban J connectivity index is 2.27. The van der Waals surface area contributed by atoms with Gasteiger partial charge in [-0.2, -0.15) is 0 Å². The monoisotopic (exact) mass is 317 g/mol. The topological polar surface area (TPSA) is 55.8 Å². The number of hydrogen-bond acceptors (Lipinski definition) is 4. The number of esters is 1. The number of carbonyl (C=O) groups excluding carboxylic acids is 2. The summed E-state index contributed by atoms with van der Waals surface area (Å²) in [6, 6.07) is 9.79. The summed E-state index contributed by atoms with van der Waals surface area (Å²) in [6.45, 7) is 5.26. The van der Waals surface area contributed by atoms with Crippen molar-refractivity contribution in [2.45, 2.75) is 26.7 Å². The van der Waals surface area contributed by atoms with E-state index in [0.717, 1.165) is 11.1 Å². The molecule has 1 heterocycles. The fourth-order valence-electron chi connectivity index (χ4n) is 2.71. The van der Waals surface area contributed by atoms with Crippen LogP contribution in [0.25, 0.3) is 5.57 Å². The van der Waals surface area contributed by atoms with Gasteiger partial charge in [0.25, 0.3) is 0 Å². The van der Waals surface area contributed by atoms with E-state index in [1.807, 2.05) is 30.3 Å². The van der Waals surface area contributed by atoms with Crippen molar-refractivity contribution in [1.82, 2.24) is 4.90 Å². The molecule has 5 heteroatoms. The summed E-state index contributed by atoms with van der Waals surface area (Å²) >= 11 is 0. The molecule has 1 aromatic rings. The van der Waals surface area contributed by atoms with Crippen LogP contribution in [0.5, 0.6) is 0 Å². The summed E-state index contributed by atoms with van der Waals surface area (Å²) in [6.07, 6.45) is 0.754. The molecule has 0 fully saturated rings. The molecule has 1 aromatic carbocycles. The minimum atomic E-state index is -0.329. The van der Waals surface area contributed by atoms with Gasteiger partial charge in [-0.15, -0.1) is 0 Å². The first-order chi connectivity index (χ1) is 11.2. The highest BCUT2D eigenvalue weighted by molar-refractivity contribution is 5.98. The van der Waals surface area contributed by atoms with Gasteiger partial charge in [0.15, 0.2) is 0 Å². The van der Waals surface area contributed by atoms with Crippen LogP contribution < -0.4 is 0 Å². The number of benzene rings is 1. The summed E-state index contributed by atoms with van der Waals surface area (Å²) in [5.74, 6) is -0.294. The molecule has 0 N–H and O–H groups in total. The minimum absolute atomic E-state index is 0.294. The highest BCUT2D eigenvalue weighted by atomic mass is 16.6. The maximum atomic E-state index is 12.3. The largest absolute Gasteiger partial charge is 0.463 e. The molecule has 1 aliphatic heterocycles. The Hall–Kier alpha value is -2.30. The van der Waals surface area contributed by atoms with E-state index in [2.05, 4.69) is 0 Å². The fraction of sp³-hybridized carbons (Fsp3) is 0.444. The maximum absolute atomic E-state index is 12.3. The predicted octanol–water partition coefficient (Wildman–Crippen LogP) is 3.26. The number of rotatable bonds is 4. The zero-order valence-corrected chi connectivity index (χ0v) is 13.7. The van der Waals surface area contributed by atoms with Crippen molar-refractivity contribution in [2.24, 2.45) is 0 Å². The van der Waals surface area contributed by atoms with Crippen LogP contribution >= 0.6 is 0 Å². The first-order valence-electron chi connectivity index (χ1n) is 8.03. The van der Waals surface area contributed by atoms with Gasteiger partial charge in [0.1, 0.15) is 0 Å². The molecule has 0 saturated heterocycles. The van der Waals surface area contributed by atoms with Gasteiger partial charge in [0, 0.05) is 18.7 Å². The van der Waals surface area contributed by atoms with Crippen molar-refractivity contribution in [2.75, 3.05) is 26.3 Å². The van der Waals surface area contributed by atoms with Crippen LogP contribution in [0, 0.1) is 0 Å². The summed E-state index contributed by atoms with van der Waals surface area (Å²) in [5.41, 5.74) is 2.61. The summed E-state index contributed by atoms with van der Waals surface area (Å²) in [4.78, 5) is 25.9. The Morgan fingerprint density at radius 1 is 1.00 bits per heavy atom. The Morgan fingerprint density at radius 3 is 2.30 bits per heavy atom. The van der Waals surface area contributed by atoms with Crippen molar-refractivity contribution >= 4 is 17.6 Å². The van der Waals surface area contributed by atoms with E-state index in [0.29, 0.717) is 44.7 Å². The van der Waals surface area contributed by atoms with E-state index < -0.39 is 0 Å². The van der Waals surface area contributed by atoms with Crippen LogP contribution in [-0.2, 0) is 14.3 Å². The molecule has 0 radical (unpaired) electrons. The number of amides is 1. The van der Waals surface area contributed by atoms with E-state index in [4.69, 9.17) is 9.47 Å². The molecule has 0 saturated carbocycles. The number of nitrogens with zero attached hydrogens (tertiary/aromatic N) is 1. The van der Waals surface area contributed by atoms with E-state index >= 15 is 0 Å². The molecule has 0 aromatic heterocycles. The Kier molecular flexibility index (Phi) is 6.20. The third-order valence-corrected chi connectivity index (χ3v) is 3.80. The first kappa shape index (κ1) is 17.1. The molecule has 23 heavy (non-hydrogen) atoms. The molecule has 124 valence electrons. The van der Waals surface area contributed by atoms with Gasteiger partial charge in [-0.05, 0) is 37.8 Å². The van der Waals surface area contributed by atoms with E-state index in [-0.39, 0.29) is 12.1 Å². The second kappa shape index (κ2) is 8.36. The zero-order chi connectivity index (χ0) is 16.7. The third kappa shape index (κ3) is 4.34. The highest BCUT2D eigenvalue weighted by Gasteiger charge is 2.25. The molecule has 1 amide bonds. The van der Waals surface area contributed by atoms with Gasteiger partial charge in [-0.3, -0.25) is 0 Å². The maximum Gasteiger partial charge on any atom is 0.409 e. The molecule has 0 spiro atoms. The van der Waals surface area contributed by atoms with Crippen LogP contribution in [0.15, 0.2) is 35.9 Å². The molecule has 0 unspecified atom stereocenters. The van der Waals surface area contributed by atoms with Gasteiger partial charge in [-0.25, -0.2) is 9.59 Å². The average Bonchev–Trinajstić information content (AvgIpc) is 2.79. The van der Waals surface area contributed by atoms with Gasteiger partial charge < -0.3 is 14.4 Å². The quantitative estimate of drug-likeness (QED) is 0.800. The van der Waals surface area contributed by atoms with Crippen molar-refractivity contribution < 1.29 is 19.1 Å². The second-order valence-corrected chi connectivity index (χ2v) is 5.23. The Labute approximate surface area is 136 Å². The van der Waals surface area contributed by atoms with Crippen LogP contribution in [0.2, 0.25) is 0 Å². The molecular weight excluding hydrogens is 294 g/mol. The summed E-state index contributed by atoms with van der Waals surface area (Å²) in [5, 5.41) is 0. The van der Waals surface area contributed by atoms with Crippen LogP contribution in [-0.4, -0.2) is 43.3 Å². The third-order valence-electron chi connectivity index (χ3n) is 3.80. The van der Waals surface area contributed by atoms with E-state index in [1.54, 1.807) is 18.7 Å². The summed E-state index contributed by atoms with van der Waals surface area (Å²) in [7, 11) is 0. The molecular formula is C18H23NO4. The number of carbonyl (C=O) groups is 2. The molecule has 0 aliphatic carbocycles. The van der Waals surface area contributed by atoms with Crippen LogP contribution in [0.3, 0.4) is 0 Å². The van der Waals surface area contributed by atoms with Crippen molar-refractivity contribution in [1.29, 1.82) is 0 Å². The minimum Gasteiger partial charge on any atom is -0.463 e. The molecule has 1 aliphatic rings. The Morgan fingerprint density at radius 2 is 1.65 bits per heavy atom. The van der Waals surface area contributed by atoms with Crippen molar-refractivity contribution in [3.05, 3.63) is 41.5 Å². The van der Waals surface area contributed by atoms with Crippen molar-refractivity contribution in [3.8, 4) is 0 Å². The lowest BCUT2D eigenvalue weighted by molar-refractivity contribution is -0.138. The predicted molar refractivity (Wildman–Crippen MR) is 87.8 cm³/mol. The normalized spacial score (nSPS) is 15.1. The lowest BCUT2D eigenvalue weighted by Crippen LogP contribution is -2.32. The first-order valence-corrected chi connectivity index (χ1v) is 8.03. The molecule has 0 atom stereocenters. The van der Waals surface area contributed by atoms with E-state index in [1.165, 1.54) is 0 Å². The molecule has 5 nitrogen and oxygen atoms in total. The van der Waals surface area contributed by atoms with Gasteiger partial charge in [-0.1, -0.05) is 30.3 Å². The SMILES string of the molecule is CCOC(=O)C1=C(c2ccccc2)CCN(C(=O)OCC)CC1. The van der Waals surface area contributed by atoms with Gasteiger partial charge >= 0.3 is 12.1 Å². The average molecular weight is 317 g/mol. The zero-order valence-electron chi connectivity index (χ0n) is 13.7. The second-order valence-electron chi connectivity index (χ2n) is 5.23. The van der Waals surface area contributed by atoms with Crippen molar-refractivity contribution in [3.63, 3.8) is 0 Å². The lowest BCUT2D eigenvalue weighted by atomic mass is 9.96. The van der Waals surface area contributed by atoms with Crippen LogP contribution in [0.4, 0.5) is 4.79 Å². The number of ether oxygens (including phenoxy) is 2. The van der Waals surface area contributed by atoms with Crippen LogP contribution in [0.1, 0.15) is 32.3 Å². The molecule has 0 bridgehead atoms. The highest BCUT2D eigenvalue weighted by Crippen LogP contribution is 2.28. The smallest absolute Gasteiger partial charge is 0.409 e. The fourth-order valence-corrected chi connectivity index (χ4v) is 2.71.